The summed E-state index contributed by atoms with van der Waals surface area (Å²) in [5.74, 6) is 0.917. The maximum absolute atomic E-state index is 6.08. The van der Waals surface area contributed by atoms with E-state index in [1.165, 1.54) is 24.4 Å². The molecule has 2 aromatic heterocycles. The molecule has 8 heteroatoms. The Labute approximate surface area is 108 Å². The average Bonchev–Trinajstić information content (AvgIpc) is 3.11. The molecule has 3 rings (SSSR count). The zero-order valence-corrected chi connectivity index (χ0v) is 10.6. The van der Waals surface area contributed by atoms with Crippen LogP contribution in [0.5, 0.6) is 0 Å². The number of likely N-dealkylation sites (tertiary alicyclic amines) is 1. The summed E-state index contributed by atoms with van der Waals surface area (Å²) >= 11 is 1.25. The van der Waals surface area contributed by atoms with Gasteiger partial charge in [0.25, 0.3) is 5.89 Å². The number of aromatic nitrogens is 4. The number of nitrogens with two attached hydrogens (primary N) is 1. The van der Waals surface area contributed by atoms with Crippen LogP contribution in [0.4, 0.5) is 0 Å². The van der Waals surface area contributed by atoms with Crippen LogP contribution in [-0.4, -0.2) is 44.3 Å². The average molecular weight is 266 g/mol. The molecular formula is C10H14N6OS. The fourth-order valence-electron chi connectivity index (χ4n) is 2.07. The first-order valence-electron chi connectivity index (χ1n) is 5.92. The van der Waals surface area contributed by atoms with Crippen LogP contribution in [0.3, 0.4) is 0 Å². The largest absolute Gasteiger partial charge is 0.332 e. The molecule has 1 atom stereocenters. The highest BCUT2D eigenvalue weighted by atomic mass is 32.1. The summed E-state index contributed by atoms with van der Waals surface area (Å²) < 4.78 is 8.90. The third kappa shape index (κ3) is 2.40. The van der Waals surface area contributed by atoms with E-state index in [9.17, 15) is 0 Å². The molecule has 7 nitrogen and oxygen atoms in total. The van der Waals surface area contributed by atoms with Crippen LogP contribution >= 0.6 is 11.5 Å². The maximum atomic E-state index is 6.08. The highest BCUT2D eigenvalue weighted by molar-refractivity contribution is 7.03. The lowest BCUT2D eigenvalue weighted by molar-refractivity contribution is 0.306. The van der Waals surface area contributed by atoms with E-state index in [0.717, 1.165) is 19.6 Å². The Kier molecular flexibility index (Phi) is 3.31. The molecule has 2 N–H and O–H groups in total. The highest BCUT2D eigenvalue weighted by Gasteiger charge is 2.21. The predicted octanol–water partition coefficient (Wildman–Crippen LogP) is 0.684. The first-order chi connectivity index (χ1) is 8.83. The fraction of sp³-hybridized carbons (Fsp3) is 0.600. The van der Waals surface area contributed by atoms with Gasteiger partial charge in [0.05, 0.1) is 6.04 Å². The molecule has 0 saturated carbocycles. The van der Waals surface area contributed by atoms with Gasteiger partial charge in [-0.3, -0.25) is 0 Å². The summed E-state index contributed by atoms with van der Waals surface area (Å²) in [6, 6.07) is -0.216. The minimum absolute atomic E-state index is 0.216. The topological polar surface area (TPSA) is 94.0 Å². The van der Waals surface area contributed by atoms with Crippen LogP contribution in [0.15, 0.2) is 9.90 Å². The van der Waals surface area contributed by atoms with Crippen LogP contribution in [0, 0.1) is 0 Å². The number of hydrogen-bond donors (Lipinski definition) is 1. The Morgan fingerprint density at radius 1 is 1.44 bits per heavy atom. The van der Waals surface area contributed by atoms with E-state index in [-0.39, 0.29) is 6.04 Å². The van der Waals surface area contributed by atoms with Gasteiger partial charge in [-0.1, -0.05) is 9.64 Å². The van der Waals surface area contributed by atoms with Gasteiger partial charge in [0.2, 0.25) is 0 Å². The lowest BCUT2D eigenvalue weighted by Gasteiger charge is -2.17. The van der Waals surface area contributed by atoms with E-state index in [0.29, 0.717) is 17.4 Å². The van der Waals surface area contributed by atoms with Gasteiger partial charge in [-0.2, -0.15) is 4.98 Å². The third-order valence-corrected chi connectivity index (χ3v) is 3.51. The maximum Gasteiger partial charge on any atom is 0.279 e. The van der Waals surface area contributed by atoms with E-state index in [1.807, 2.05) is 0 Å². The van der Waals surface area contributed by atoms with Crippen molar-refractivity contribution in [3.8, 4) is 11.6 Å². The SMILES string of the molecule is NC(CN1CCCC1)c1noc(-c2csnn2)n1. The van der Waals surface area contributed by atoms with Crippen molar-refractivity contribution in [2.24, 2.45) is 5.73 Å². The fourth-order valence-corrected chi connectivity index (χ4v) is 2.50. The highest BCUT2D eigenvalue weighted by Crippen LogP contribution is 2.18. The summed E-state index contributed by atoms with van der Waals surface area (Å²) in [5, 5.41) is 9.56. The Hall–Kier alpha value is -1.38. The number of nitrogens with zero attached hydrogens (tertiary/aromatic N) is 5. The van der Waals surface area contributed by atoms with Crippen LogP contribution in [0.25, 0.3) is 11.6 Å². The van der Waals surface area contributed by atoms with Crippen molar-refractivity contribution < 1.29 is 4.52 Å². The van der Waals surface area contributed by atoms with Crippen molar-refractivity contribution in [2.45, 2.75) is 18.9 Å². The van der Waals surface area contributed by atoms with Gasteiger partial charge in [-0.25, -0.2) is 0 Å². The smallest absolute Gasteiger partial charge is 0.279 e. The zero-order valence-electron chi connectivity index (χ0n) is 9.82. The van der Waals surface area contributed by atoms with Gasteiger partial charge >= 0.3 is 0 Å². The van der Waals surface area contributed by atoms with Gasteiger partial charge in [-0.15, -0.1) is 5.10 Å². The lowest BCUT2D eigenvalue weighted by atomic mass is 10.3. The van der Waals surface area contributed by atoms with Crippen LogP contribution < -0.4 is 5.73 Å². The Balaban J connectivity index is 1.68. The molecule has 3 heterocycles. The molecule has 0 aromatic carbocycles. The molecular weight excluding hydrogens is 252 g/mol. The van der Waals surface area contributed by atoms with Crippen molar-refractivity contribution in [2.75, 3.05) is 19.6 Å². The van der Waals surface area contributed by atoms with Gasteiger partial charge in [0.15, 0.2) is 11.5 Å². The standard InChI is InChI=1S/C10H14N6OS/c11-7(5-16-3-1-2-4-16)9-12-10(17-14-9)8-6-18-15-13-8/h6-7H,1-5,11H2. The monoisotopic (exact) mass is 266 g/mol. The van der Waals surface area contributed by atoms with Crippen molar-refractivity contribution in [3.05, 3.63) is 11.2 Å². The number of rotatable bonds is 4. The minimum atomic E-state index is -0.216. The molecule has 0 amide bonds. The minimum Gasteiger partial charge on any atom is -0.332 e. The Bertz CT molecular complexity index is 492. The quantitative estimate of drug-likeness (QED) is 0.869. The van der Waals surface area contributed by atoms with Crippen LogP contribution in [0.2, 0.25) is 0 Å². The molecule has 18 heavy (non-hydrogen) atoms. The van der Waals surface area contributed by atoms with Gasteiger partial charge in [0, 0.05) is 11.9 Å². The van der Waals surface area contributed by atoms with Crippen molar-refractivity contribution in [3.63, 3.8) is 0 Å². The summed E-state index contributed by atoms with van der Waals surface area (Å²) in [6.07, 6.45) is 2.49. The first kappa shape index (κ1) is 11.7. The summed E-state index contributed by atoms with van der Waals surface area (Å²) in [4.78, 5) is 6.59. The van der Waals surface area contributed by atoms with E-state index in [1.54, 1.807) is 5.38 Å². The molecule has 1 unspecified atom stereocenters. The van der Waals surface area contributed by atoms with Gasteiger partial charge in [-0.05, 0) is 37.5 Å². The van der Waals surface area contributed by atoms with Gasteiger partial charge < -0.3 is 15.2 Å². The molecule has 1 fully saturated rings. The summed E-state index contributed by atoms with van der Waals surface area (Å²) in [6.45, 7) is 2.98. The van der Waals surface area contributed by atoms with Crippen molar-refractivity contribution >= 4 is 11.5 Å². The van der Waals surface area contributed by atoms with Crippen LogP contribution in [-0.2, 0) is 0 Å². The van der Waals surface area contributed by atoms with E-state index in [2.05, 4.69) is 24.6 Å². The van der Waals surface area contributed by atoms with Crippen molar-refractivity contribution in [1.29, 1.82) is 0 Å². The molecule has 0 bridgehead atoms. The molecule has 0 aliphatic carbocycles. The summed E-state index contributed by atoms with van der Waals surface area (Å²) in [5.41, 5.74) is 6.69. The second-order valence-corrected chi connectivity index (χ2v) is 4.97. The second kappa shape index (κ2) is 5.09. The molecule has 0 spiro atoms. The molecule has 1 aliphatic heterocycles. The normalized spacial score (nSPS) is 18.3. The molecule has 96 valence electrons. The third-order valence-electron chi connectivity index (χ3n) is 3.01. The zero-order chi connectivity index (χ0) is 12.4. The Morgan fingerprint density at radius 2 is 2.28 bits per heavy atom. The van der Waals surface area contributed by atoms with E-state index >= 15 is 0 Å². The van der Waals surface area contributed by atoms with E-state index < -0.39 is 0 Å². The van der Waals surface area contributed by atoms with Crippen molar-refractivity contribution in [1.82, 2.24) is 24.6 Å². The lowest BCUT2D eigenvalue weighted by Crippen LogP contribution is -2.30. The van der Waals surface area contributed by atoms with Gasteiger partial charge in [0.1, 0.15) is 0 Å². The van der Waals surface area contributed by atoms with E-state index in [4.69, 9.17) is 10.3 Å². The summed E-state index contributed by atoms with van der Waals surface area (Å²) in [7, 11) is 0. The molecule has 2 aromatic rings. The number of hydrogen-bond acceptors (Lipinski definition) is 8. The molecule has 1 saturated heterocycles. The first-order valence-corrected chi connectivity index (χ1v) is 6.75. The second-order valence-electron chi connectivity index (χ2n) is 4.36. The van der Waals surface area contributed by atoms with Crippen LogP contribution in [0.1, 0.15) is 24.7 Å². The Morgan fingerprint density at radius 3 is 3.00 bits per heavy atom. The molecule has 0 radical (unpaired) electrons. The molecule has 1 aliphatic rings. The predicted molar refractivity (Wildman–Crippen MR) is 65.8 cm³/mol.